The molecule has 1 rings (SSSR count). The lowest BCUT2D eigenvalue weighted by molar-refractivity contribution is -0.124. The molecule has 1 aromatic carbocycles. The first-order valence-electron chi connectivity index (χ1n) is 5.28. The van der Waals surface area contributed by atoms with Crippen molar-refractivity contribution >= 4 is 5.91 Å². The molecular formula is C12H16FNO3. The first-order valence-corrected chi connectivity index (χ1v) is 5.28. The summed E-state index contributed by atoms with van der Waals surface area (Å²) in [6.45, 7) is 2.35. The summed E-state index contributed by atoms with van der Waals surface area (Å²) in [4.78, 5) is 11.0. The van der Waals surface area contributed by atoms with Crippen LogP contribution in [0.5, 0.6) is 5.75 Å². The second kappa shape index (κ2) is 6.85. The van der Waals surface area contributed by atoms with Crippen molar-refractivity contribution in [2.75, 3.05) is 26.9 Å². The smallest absolute Gasteiger partial charge is 0.246 e. The topological polar surface area (TPSA) is 47.6 Å². The van der Waals surface area contributed by atoms with Gasteiger partial charge in [-0.3, -0.25) is 4.79 Å². The van der Waals surface area contributed by atoms with Gasteiger partial charge in [-0.15, -0.1) is 0 Å². The number of benzene rings is 1. The van der Waals surface area contributed by atoms with Gasteiger partial charge in [-0.05, 0) is 24.6 Å². The highest BCUT2D eigenvalue weighted by Gasteiger charge is 2.03. The van der Waals surface area contributed by atoms with Crippen LogP contribution in [0.1, 0.15) is 5.56 Å². The van der Waals surface area contributed by atoms with Crippen LogP contribution in [0.25, 0.3) is 0 Å². The van der Waals surface area contributed by atoms with Gasteiger partial charge in [0.05, 0.1) is 6.54 Å². The summed E-state index contributed by atoms with van der Waals surface area (Å²) in [5.74, 6) is -0.426. The van der Waals surface area contributed by atoms with Crippen molar-refractivity contribution in [1.82, 2.24) is 5.32 Å². The third-order valence-electron chi connectivity index (χ3n) is 2.04. The number of methoxy groups -OCH3 is 1. The van der Waals surface area contributed by atoms with E-state index in [1.165, 1.54) is 13.2 Å². The standard InChI is InChI=1S/C12H16FNO3/c1-9-3-4-11(10(13)7-9)17-6-5-14-12(15)8-16-2/h3-4,7H,5-6,8H2,1-2H3,(H,14,15). The maximum Gasteiger partial charge on any atom is 0.246 e. The molecule has 0 saturated carbocycles. The summed E-state index contributed by atoms with van der Waals surface area (Å²) < 4.78 is 23.2. The predicted molar refractivity (Wildman–Crippen MR) is 61.5 cm³/mol. The van der Waals surface area contributed by atoms with E-state index in [-0.39, 0.29) is 24.9 Å². The molecular weight excluding hydrogens is 225 g/mol. The largest absolute Gasteiger partial charge is 0.489 e. The van der Waals surface area contributed by atoms with Gasteiger partial charge in [0.1, 0.15) is 13.2 Å². The van der Waals surface area contributed by atoms with E-state index in [2.05, 4.69) is 10.1 Å². The van der Waals surface area contributed by atoms with Gasteiger partial charge in [0.25, 0.3) is 0 Å². The number of hydrogen-bond donors (Lipinski definition) is 1. The van der Waals surface area contributed by atoms with Crippen molar-refractivity contribution in [3.8, 4) is 5.75 Å². The van der Waals surface area contributed by atoms with E-state index in [1.54, 1.807) is 19.1 Å². The van der Waals surface area contributed by atoms with Crippen LogP contribution in [0.2, 0.25) is 0 Å². The molecule has 0 aliphatic carbocycles. The average Bonchev–Trinajstić information content (AvgIpc) is 2.27. The summed E-state index contributed by atoms with van der Waals surface area (Å²) in [6, 6.07) is 4.74. The molecule has 1 aromatic rings. The SMILES string of the molecule is COCC(=O)NCCOc1ccc(C)cc1F. The predicted octanol–water partition coefficient (Wildman–Crippen LogP) is 1.28. The molecule has 0 spiro atoms. The molecule has 1 N–H and O–H groups in total. The molecule has 0 aromatic heterocycles. The average molecular weight is 241 g/mol. The van der Waals surface area contributed by atoms with E-state index in [0.29, 0.717) is 6.54 Å². The monoisotopic (exact) mass is 241 g/mol. The number of aryl methyl sites for hydroxylation is 1. The molecule has 0 unspecified atom stereocenters. The lowest BCUT2D eigenvalue weighted by Gasteiger charge is -2.08. The number of carbonyl (C=O) groups is 1. The third kappa shape index (κ3) is 4.82. The Morgan fingerprint density at radius 2 is 2.24 bits per heavy atom. The minimum absolute atomic E-state index is 0.0128. The number of carbonyl (C=O) groups excluding carboxylic acids is 1. The molecule has 4 nitrogen and oxygen atoms in total. The summed E-state index contributed by atoms with van der Waals surface area (Å²) in [6.07, 6.45) is 0. The highest BCUT2D eigenvalue weighted by atomic mass is 19.1. The van der Waals surface area contributed by atoms with Gasteiger partial charge in [-0.2, -0.15) is 0 Å². The van der Waals surface area contributed by atoms with Crippen molar-refractivity contribution in [3.63, 3.8) is 0 Å². The number of amides is 1. The highest BCUT2D eigenvalue weighted by Crippen LogP contribution is 2.17. The van der Waals surface area contributed by atoms with Crippen molar-refractivity contribution in [2.24, 2.45) is 0 Å². The molecule has 0 aliphatic rings. The van der Waals surface area contributed by atoms with Crippen LogP contribution in [-0.4, -0.2) is 32.8 Å². The van der Waals surface area contributed by atoms with Crippen molar-refractivity contribution in [3.05, 3.63) is 29.6 Å². The van der Waals surface area contributed by atoms with Gasteiger partial charge in [0.15, 0.2) is 11.6 Å². The lowest BCUT2D eigenvalue weighted by atomic mass is 10.2. The maximum absolute atomic E-state index is 13.3. The van der Waals surface area contributed by atoms with Crippen LogP contribution in [0.15, 0.2) is 18.2 Å². The van der Waals surface area contributed by atoms with Crippen molar-refractivity contribution < 1.29 is 18.7 Å². The van der Waals surface area contributed by atoms with E-state index in [1.807, 2.05) is 0 Å². The molecule has 0 heterocycles. The number of hydrogen-bond acceptors (Lipinski definition) is 3. The van der Waals surface area contributed by atoms with E-state index < -0.39 is 5.82 Å². The van der Waals surface area contributed by atoms with Crippen LogP contribution in [0.3, 0.4) is 0 Å². The number of rotatable bonds is 6. The molecule has 0 atom stereocenters. The van der Waals surface area contributed by atoms with Crippen molar-refractivity contribution in [1.29, 1.82) is 0 Å². The summed E-state index contributed by atoms with van der Waals surface area (Å²) in [5.41, 5.74) is 0.836. The Bertz CT molecular complexity index is 382. The van der Waals surface area contributed by atoms with E-state index >= 15 is 0 Å². The molecule has 5 heteroatoms. The maximum atomic E-state index is 13.3. The fourth-order valence-corrected chi connectivity index (χ4v) is 1.26. The number of ether oxygens (including phenoxy) is 2. The highest BCUT2D eigenvalue weighted by molar-refractivity contribution is 5.77. The Hall–Kier alpha value is -1.62. The van der Waals surface area contributed by atoms with Gasteiger partial charge in [-0.25, -0.2) is 4.39 Å². The molecule has 0 saturated heterocycles. The quantitative estimate of drug-likeness (QED) is 0.763. The molecule has 0 radical (unpaired) electrons. The first-order chi connectivity index (χ1) is 8.13. The Morgan fingerprint density at radius 1 is 1.47 bits per heavy atom. The summed E-state index contributed by atoms with van der Waals surface area (Å²) in [5, 5.41) is 2.57. The molecule has 17 heavy (non-hydrogen) atoms. The minimum Gasteiger partial charge on any atom is -0.489 e. The Kier molecular flexibility index (Phi) is 5.42. The second-order valence-electron chi connectivity index (χ2n) is 3.57. The number of halogens is 1. The third-order valence-corrected chi connectivity index (χ3v) is 2.04. The zero-order chi connectivity index (χ0) is 12.7. The molecule has 94 valence electrons. The van der Waals surface area contributed by atoms with Gasteiger partial charge in [0, 0.05) is 7.11 Å². The molecule has 0 bridgehead atoms. The second-order valence-corrected chi connectivity index (χ2v) is 3.57. The normalized spacial score (nSPS) is 10.1. The first kappa shape index (κ1) is 13.4. The summed E-state index contributed by atoms with van der Waals surface area (Å²) in [7, 11) is 1.44. The summed E-state index contributed by atoms with van der Waals surface area (Å²) >= 11 is 0. The molecule has 0 aliphatic heterocycles. The molecule has 0 fully saturated rings. The van der Waals surface area contributed by atoms with Crippen LogP contribution in [-0.2, 0) is 9.53 Å². The fourth-order valence-electron chi connectivity index (χ4n) is 1.26. The zero-order valence-corrected chi connectivity index (χ0v) is 9.96. The van der Waals surface area contributed by atoms with E-state index in [0.717, 1.165) is 5.56 Å². The Labute approximate surface area is 99.7 Å². The van der Waals surface area contributed by atoms with Crippen LogP contribution in [0.4, 0.5) is 4.39 Å². The van der Waals surface area contributed by atoms with Crippen LogP contribution in [0, 0.1) is 12.7 Å². The van der Waals surface area contributed by atoms with Gasteiger partial charge in [-0.1, -0.05) is 6.07 Å². The van der Waals surface area contributed by atoms with Crippen LogP contribution >= 0.6 is 0 Å². The van der Waals surface area contributed by atoms with E-state index in [9.17, 15) is 9.18 Å². The Morgan fingerprint density at radius 3 is 2.88 bits per heavy atom. The minimum atomic E-state index is -0.395. The van der Waals surface area contributed by atoms with E-state index in [4.69, 9.17) is 4.74 Å². The van der Waals surface area contributed by atoms with Crippen molar-refractivity contribution in [2.45, 2.75) is 6.92 Å². The Balaban J connectivity index is 2.29. The fraction of sp³-hybridized carbons (Fsp3) is 0.417. The molecule has 1 amide bonds. The lowest BCUT2D eigenvalue weighted by Crippen LogP contribution is -2.30. The number of nitrogens with one attached hydrogen (secondary N) is 1. The van der Waals surface area contributed by atoms with Gasteiger partial charge >= 0.3 is 0 Å². The van der Waals surface area contributed by atoms with Crippen LogP contribution < -0.4 is 10.1 Å². The van der Waals surface area contributed by atoms with Gasteiger partial charge in [0.2, 0.25) is 5.91 Å². The zero-order valence-electron chi connectivity index (χ0n) is 9.96. The van der Waals surface area contributed by atoms with Gasteiger partial charge < -0.3 is 14.8 Å².